The van der Waals surface area contributed by atoms with Gasteiger partial charge in [-0.2, -0.15) is 0 Å². The number of furan rings is 1. The average Bonchev–Trinajstić information content (AvgIpc) is 3.44. The van der Waals surface area contributed by atoms with Crippen molar-refractivity contribution in [3.63, 3.8) is 0 Å². The van der Waals surface area contributed by atoms with E-state index in [1.807, 2.05) is 60.0 Å². The Morgan fingerprint density at radius 1 is 1.10 bits per heavy atom. The van der Waals surface area contributed by atoms with Gasteiger partial charge in [0.25, 0.3) is 0 Å². The van der Waals surface area contributed by atoms with Gasteiger partial charge >= 0.3 is 0 Å². The normalized spacial score (nSPS) is 11.9. The number of thioether (sulfide) groups is 1. The monoisotopic (exact) mass is 452 g/mol. The molecule has 0 saturated carbocycles. The van der Waals surface area contributed by atoms with E-state index < -0.39 is 0 Å². The Bertz CT molecular complexity index is 1130. The number of amides is 1. The first-order chi connectivity index (χ1) is 15.1. The molecule has 2 heterocycles. The first-order valence-electron chi connectivity index (χ1n) is 9.80. The molecule has 1 N–H and O–H groups in total. The minimum absolute atomic E-state index is 0.107. The highest BCUT2D eigenvalue weighted by Gasteiger charge is 2.18. The average molecular weight is 453 g/mol. The standard InChI is InChI=1S/C23H21ClN4O2S/c1-16(20-8-5-13-30-20)25-22(29)15-31-23-27-26-21(14-17-6-3-2-4-7-17)28(23)19-11-9-18(24)10-12-19/h2-13,16H,14-15H2,1H3,(H,25,29)/t16-/m0/s1. The van der Waals surface area contributed by atoms with Crippen LogP contribution in [0.3, 0.4) is 0 Å². The maximum absolute atomic E-state index is 12.5. The fraction of sp³-hybridized carbons (Fsp3) is 0.174. The van der Waals surface area contributed by atoms with Gasteiger partial charge in [0.2, 0.25) is 5.91 Å². The third-order valence-electron chi connectivity index (χ3n) is 4.67. The van der Waals surface area contributed by atoms with Crippen LogP contribution < -0.4 is 5.32 Å². The SMILES string of the molecule is C[C@H](NC(=O)CSc1nnc(Cc2ccccc2)n1-c1ccc(Cl)cc1)c1ccco1. The van der Waals surface area contributed by atoms with Gasteiger partial charge in [0.1, 0.15) is 11.6 Å². The van der Waals surface area contributed by atoms with E-state index in [4.69, 9.17) is 16.0 Å². The van der Waals surface area contributed by atoms with Gasteiger partial charge in [-0.1, -0.05) is 53.7 Å². The van der Waals surface area contributed by atoms with Crippen LogP contribution in [0.25, 0.3) is 5.69 Å². The van der Waals surface area contributed by atoms with Crippen LogP contribution in [-0.2, 0) is 11.2 Å². The first-order valence-corrected chi connectivity index (χ1v) is 11.2. The Morgan fingerprint density at radius 2 is 1.87 bits per heavy atom. The minimum atomic E-state index is -0.203. The van der Waals surface area contributed by atoms with Gasteiger partial charge in [-0.3, -0.25) is 9.36 Å². The molecule has 0 bridgehead atoms. The van der Waals surface area contributed by atoms with Crippen LogP contribution in [0.1, 0.15) is 30.1 Å². The summed E-state index contributed by atoms with van der Waals surface area (Å²) in [4.78, 5) is 12.5. The number of halogens is 1. The second-order valence-corrected chi connectivity index (χ2v) is 8.35. The summed E-state index contributed by atoms with van der Waals surface area (Å²) < 4.78 is 7.32. The van der Waals surface area contributed by atoms with Crippen LogP contribution in [0.2, 0.25) is 5.02 Å². The summed E-state index contributed by atoms with van der Waals surface area (Å²) in [5.41, 5.74) is 2.03. The summed E-state index contributed by atoms with van der Waals surface area (Å²) in [5.74, 6) is 1.61. The number of hydrogen-bond donors (Lipinski definition) is 1. The van der Waals surface area contributed by atoms with Gasteiger partial charge in [-0.25, -0.2) is 0 Å². The van der Waals surface area contributed by atoms with E-state index in [1.54, 1.807) is 12.3 Å². The molecule has 1 atom stereocenters. The molecular weight excluding hydrogens is 432 g/mol. The van der Waals surface area contributed by atoms with Gasteiger partial charge in [0, 0.05) is 17.1 Å². The fourth-order valence-electron chi connectivity index (χ4n) is 3.16. The minimum Gasteiger partial charge on any atom is -0.467 e. The lowest BCUT2D eigenvalue weighted by atomic mass is 10.1. The topological polar surface area (TPSA) is 73.0 Å². The number of carbonyl (C=O) groups excluding carboxylic acids is 1. The fourth-order valence-corrected chi connectivity index (χ4v) is 4.07. The third-order valence-corrected chi connectivity index (χ3v) is 5.85. The summed E-state index contributed by atoms with van der Waals surface area (Å²) in [6.45, 7) is 1.88. The van der Waals surface area contributed by atoms with E-state index in [0.717, 1.165) is 17.1 Å². The Morgan fingerprint density at radius 3 is 2.58 bits per heavy atom. The Labute approximate surface area is 189 Å². The number of nitrogens with zero attached hydrogens (tertiary/aromatic N) is 3. The maximum Gasteiger partial charge on any atom is 0.231 e. The van der Waals surface area contributed by atoms with Crippen LogP contribution in [0.4, 0.5) is 0 Å². The zero-order chi connectivity index (χ0) is 21.6. The molecule has 8 heteroatoms. The van der Waals surface area contributed by atoms with Gasteiger partial charge < -0.3 is 9.73 Å². The molecule has 158 valence electrons. The predicted molar refractivity (Wildman–Crippen MR) is 122 cm³/mol. The van der Waals surface area contributed by atoms with E-state index in [0.29, 0.717) is 22.4 Å². The second kappa shape index (κ2) is 9.85. The van der Waals surface area contributed by atoms with E-state index in [-0.39, 0.29) is 17.7 Å². The molecule has 1 amide bonds. The molecular formula is C23H21ClN4O2S. The molecule has 31 heavy (non-hydrogen) atoms. The van der Waals surface area contributed by atoms with Crippen molar-refractivity contribution in [2.75, 3.05) is 5.75 Å². The van der Waals surface area contributed by atoms with Crippen LogP contribution in [-0.4, -0.2) is 26.4 Å². The van der Waals surface area contributed by atoms with Gasteiger partial charge in [0.05, 0.1) is 18.1 Å². The number of carbonyl (C=O) groups is 1. The third kappa shape index (κ3) is 5.37. The number of aromatic nitrogens is 3. The number of nitrogens with one attached hydrogen (secondary N) is 1. The van der Waals surface area contributed by atoms with Gasteiger partial charge in [-0.15, -0.1) is 10.2 Å². The largest absolute Gasteiger partial charge is 0.467 e. The van der Waals surface area contributed by atoms with Crippen molar-refractivity contribution in [1.82, 2.24) is 20.1 Å². The molecule has 0 fully saturated rings. The summed E-state index contributed by atoms with van der Waals surface area (Å²) in [7, 11) is 0. The van der Waals surface area contributed by atoms with E-state index in [9.17, 15) is 4.79 Å². The van der Waals surface area contributed by atoms with Crippen molar-refractivity contribution < 1.29 is 9.21 Å². The zero-order valence-electron chi connectivity index (χ0n) is 16.9. The smallest absolute Gasteiger partial charge is 0.231 e. The van der Waals surface area contributed by atoms with Crippen LogP contribution in [0.5, 0.6) is 0 Å². The van der Waals surface area contributed by atoms with Gasteiger partial charge in [0.15, 0.2) is 5.16 Å². The molecule has 2 aromatic heterocycles. The van der Waals surface area contributed by atoms with Crippen LogP contribution in [0, 0.1) is 0 Å². The van der Waals surface area contributed by atoms with Crippen molar-refractivity contribution in [3.8, 4) is 5.69 Å². The van der Waals surface area contributed by atoms with Crippen LogP contribution >= 0.6 is 23.4 Å². The lowest BCUT2D eigenvalue weighted by Crippen LogP contribution is -2.28. The van der Waals surface area contributed by atoms with Crippen molar-refractivity contribution in [1.29, 1.82) is 0 Å². The highest BCUT2D eigenvalue weighted by atomic mass is 35.5. The molecule has 0 aliphatic heterocycles. The molecule has 0 radical (unpaired) electrons. The second-order valence-electron chi connectivity index (χ2n) is 6.97. The lowest BCUT2D eigenvalue weighted by Gasteiger charge is -2.12. The highest BCUT2D eigenvalue weighted by molar-refractivity contribution is 7.99. The molecule has 0 unspecified atom stereocenters. The van der Waals surface area contributed by atoms with Crippen LogP contribution in [0.15, 0.2) is 82.6 Å². The summed E-state index contributed by atoms with van der Waals surface area (Å²) in [6, 6.07) is 21.0. The lowest BCUT2D eigenvalue weighted by molar-refractivity contribution is -0.119. The van der Waals surface area contributed by atoms with Crippen molar-refractivity contribution >= 4 is 29.3 Å². The van der Waals surface area contributed by atoms with Crippen molar-refractivity contribution in [3.05, 3.63) is 95.2 Å². The molecule has 0 aliphatic rings. The zero-order valence-corrected chi connectivity index (χ0v) is 18.4. The molecule has 0 spiro atoms. The van der Waals surface area contributed by atoms with Gasteiger partial charge in [-0.05, 0) is 48.9 Å². The summed E-state index contributed by atoms with van der Waals surface area (Å²) in [5, 5.41) is 13.0. The number of rotatable bonds is 8. The van der Waals surface area contributed by atoms with E-state index >= 15 is 0 Å². The molecule has 0 aliphatic carbocycles. The molecule has 4 aromatic rings. The number of hydrogen-bond acceptors (Lipinski definition) is 5. The molecule has 0 saturated heterocycles. The van der Waals surface area contributed by atoms with Crippen molar-refractivity contribution in [2.24, 2.45) is 0 Å². The Balaban J connectivity index is 1.52. The van der Waals surface area contributed by atoms with E-state index in [2.05, 4.69) is 27.6 Å². The molecule has 6 nitrogen and oxygen atoms in total. The predicted octanol–water partition coefficient (Wildman–Crippen LogP) is 5.07. The quantitative estimate of drug-likeness (QED) is 0.378. The molecule has 2 aromatic carbocycles. The molecule has 4 rings (SSSR count). The number of benzene rings is 2. The maximum atomic E-state index is 12.5. The van der Waals surface area contributed by atoms with E-state index in [1.165, 1.54) is 11.8 Å². The summed E-state index contributed by atoms with van der Waals surface area (Å²) >= 11 is 7.41. The first kappa shape index (κ1) is 21.2. The van der Waals surface area contributed by atoms with Crippen molar-refractivity contribution in [2.45, 2.75) is 24.5 Å². The summed E-state index contributed by atoms with van der Waals surface area (Å²) in [6.07, 6.45) is 2.22. The highest BCUT2D eigenvalue weighted by Crippen LogP contribution is 2.25. The Kier molecular flexibility index (Phi) is 6.74. The Hall–Kier alpha value is -3.03.